The van der Waals surface area contributed by atoms with Crippen molar-refractivity contribution >= 4 is 29.1 Å². The van der Waals surface area contributed by atoms with Crippen LogP contribution in [0.3, 0.4) is 0 Å². The minimum absolute atomic E-state index is 0.0834. The molecule has 0 amide bonds. The van der Waals surface area contributed by atoms with Crippen LogP contribution in [0.5, 0.6) is 0 Å². The van der Waals surface area contributed by atoms with Crippen molar-refractivity contribution in [3.63, 3.8) is 0 Å². The van der Waals surface area contributed by atoms with E-state index in [1.165, 1.54) is 10.5 Å². The van der Waals surface area contributed by atoms with Crippen LogP contribution in [-0.4, -0.2) is 33.8 Å². The lowest BCUT2D eigenvalue weighted by atomic mass is 10.0. The van der Waals surface area contributed by atoms with Gasteiger partial charge in [-0.1, -0.05) is 23.7 Å². The second-order valence-corrected chi connectivity index (χ2v) is 9.13. The number of ether oxygens (including phenoxy) is 2. The topological polar surface area (TPSA) is 62.3 Å². The first-order chi connectivity index (χ1) is 14.6. The molecule has 2 N–H and O–H groups in total. The van der Waals surface area contributed by atoms with E-state index in [1.807, 2.05) is 46.8 Å². The van der Waals surface area contributed by atoms with Crippen LogP contribution in [0.1, 0.15) is 18.4 Å². The van der Waals surface area contributed by atoms with E-state index in [4.69, 9.17) is 26.8 Å². The molecule has 1 aromatic heterocycles. The number of aromatic nitrogens is 2. The van der Waals surface area contributed by atoms with E-state index in [-0.39, 0.29) is 6.10 Å². The summed E-state index contributed by atoms with van der Waals surface area (Å²) in [6.07, 6.45) is 8.18. The van der Waals surface area contributed by atoms with Crippen molar-refractivity contribution in [1.29, 1.82) is 0 Å². The lowest BCUT2D eigenvalue weighted by Gasteiger charge is -2.28. The van der Waals surface area contributed by atoms with Gasteiger partial charge in [0.15, 0.2) is 5.79 Å². The summed E-state index contributed by atoms with van der Waals surface area (Å²) in [4.78, 5) is 5.37. The Hall–Kier alpha value is -1.99. The fraction of sp³-hybridized carbons (Fsp3) is 0.348. The first-order valence-corrected chi connectivity index (χ1v) is 11.5. The number of hydrogen-bond acceptors (Lipinski definition) is 5. The van der Waals surface area contributed by atoms with Crippen LogP contribution in [0.15, 0.2) is 72.1 Å². The van der Waals surface area contributed by atoms with Gasteiger partial charge in [0, 0.05) is 40.2 Å². The van der Waals surface area contributed by atoms with Crippen molar-refractivity contribution < 1.29 is 9.47 Å². The Bertz CT molecular complexity index is 919. The van der Waals surface area contributed by atoms with Gasteiger partial charge in [-0.15, -0.1) is 11.8 Å². The van der Waals surface area contributed by atoms with E-state index in [9.17, 15) is 0 Å². The third kappa shape index (κ3) is 5.79. The number of halogens is 1. The van der Waals surface area contributed by atoms with E-state index in [2.05, 4.69) is 29.2 Å². The molecule has 3 aromatic rings. The third-order valence-electron chi connectivity index (χ3n) is 5.19. The van der Waals surface area contributed by atoms with Gasteiger partial charge in [0.1, 0.15) is 0 Å². The Morgan fingerprint density at radius 2 is 1.97 bits per heavy atom. The van der Waals surface area contributed by atoms with Gasteiger partial charge in [-0.3, -0.25) is 0 Å². The third-order valence-corrected chi connectivity index (χ3v) is 6.49. The predicted molar refractivity (Wildman–Crippen MR) is 122 cm³/mol. The molecule has 5 nitrogen and oxygen atoms in total. The van der Waals surface area contributed by atoms with Crippen LogP contribution in [0.2, 0.25) is 5.02 Å². The summed E-state index contributed by atoms with van der Waals surface area (Å²) in [6, 6.07) is 15.9. The smallest absolute Gasteiger partial charge is 0.187 e. The number of rotatable bonds is 9. The van der Waals surface area contributed by atoms with Crippen LogP contribution in [-0.2, 0) is 22.4 Å². The fourth-order valence-electron chi connectivity index (χ4n) is 3.57. The van der Waals surface area contributed by atoms with Crippen molar-refractivity contribution in [2.45, 2.75) is 42.6 Å². The average molecular weight is 444 g/mol. The standard InChI is InChI=1S/C23H26ClN3O2S/c24-19-3-1-18(2-4-19)9-11-23(16-27-13-12-26-17-27)28-15-21(29-23)10-14-30-22-7-5-20(25)6-8-22/h1-8,12-13,17,21H,9-11,14-16,25H2/t21-,23-/m0/s1. The van der Waals surface area contributed by atoms with E-state index < -0.39 is 5.79 Å². The van der Waals surface area contributed by atoms with Crippen molar-refractivity contribution in [3.05, 3.63) is 77.8 Å². The summed E-state index contributed by atoms with van der Waals surface area (Å²) in [6.45, 7) is 1.24. The molecule has 0 radical (unpaired) electrons. The zero-order valence-corrected chi connectivity index (χ0v) is 18.3. The number of thioether (sulfide) groups is 1. The molecule has 0 aliphatic carbocycles. The van der Waals surface area contributed by atoms with Crippen LogP contribution in [0.25, 0.3) is 0 Å². The fourth-order valence-corrected chi connectivity index (χ4v) is 4.64. The molecule has 158 valence electrons. The van der Waals surface area contributed by atoms with Crippen molar-refractivity contribution in [2.75, 3.05) is 18.1 Å². The highest BCUT2D eigenvalue weighted by molar-refractivity contribution is 7.99. The number of imidazole rings is 1. The van der Waals surface area contributed by atoms with Gasteiger partial charge < -0.3 is 19.8 Å². The summed E-state index contributed by atoms with van der Waals surface area (Å²) in [5.41, 5.74) is 7.77. The van der Waals surface area contributed by atoms with Crippen LogP contribution >= 0.6 is 23.4 Å². The molecule has 0 saturated carbocycles. The SMILES string of the molecule is Nc1ccc(SCC[C@H]2CO[C@](CCc3ccc(Cl)cc3)(Cn3ccnc3)O2)cc1. The number of nitrogens with two attached hydrogens (primary N) is 1. The Morgan fingerprint density at radius 3 is 2.70 bits per heavy atom. The molecule has 0 unspecified atom stereocenters. The maximum atomic E-state index is 6.49. The number of anilines is 1. The Balaban J connectivity index is 1.35. The zero-order valence-electron chi connectivity index (χ0n) is 16.7. The van der Waals surface area contributed by atoms with Crippen LogP contribution in [0.4, 0.5) is 5.69 Å². The first-order valence-electron chi connectivity index (χ1n) is 10.1. The Morgan fingerprint density at radius 1 is 1.17 bits per heavy atom. The molecule has 2 aromatic carbocycles. The van der Waals surface area contributed by atoms with Gasteiger partial charge in [-0.2, -0.15) is 0 Å². The largest absolute Gasteiger partial charge is 0.399 e. The van der Waals surface area contributed by atoms with E-state index in [0.717, 1.165) is 35.7 Å². The highest BCUT2D eigenvalue weighted by Crippen LogP contribution is 2.33. The van der Waals surface area contributed by atoms with Gasteiger partial charge in [0.25, 0.3) is 0 Å². The van der Waals surface area contributed by atoms with Crippen LogP contribution < -0.4 is 5.73 Å². The lowest BCUT2D eigenvalue weighted by molar-refractivity contribution is -0.182. The zero-order chi connectivity index (χ0) is 20.8. The highest BCUT2D eigenvalue weighted by Gasteiger charge is 2.41. The summed E-state index contributed by atoms with van der Waals surface area (Å²) < 4.78 is 14.8. The molecule has 7 heteroatoms. The molecule has 0 spiro atoms. The lowest BCUT2D eigenvalue weighted by Crippen LogP contribution is -2.36. The summed E-state index contributed by atoms with van der Waals surface area (Å²) in [7, 11) is 0. The van der Waals surface area contributed by atoms with Crippen molar-refractivity contribution in [2.24, 2.45) is 0 Å². The predicted octanol–water partition coefficient (Wildman–Crippen LogP) is 5.05. The number of nitrogens with zero attached hydrogens (tertiary/aromatic N) is 2. The number of aryl methyl sites for hydroxylation is 1. The van der Waals surface area contributed by atoms with Crippen molar-refractivity contribution in [3.8, 4) is 0 Å². The molecular formula is C23H26ClN3O2S. The molecule has 1 aliphatic heterocycles. The minimum atomic E-state index is -0.642. The van der Waals surface area contributed by atoms with Gasteiger partial charge >= 0.3 is 0 Å². The van der Waals surface area contributed by atoms with E-state index in [0.29, 0.717) is 13.2 Å². The summed E-state index contributed by atoms with van der Waals surface area (Å²) >= 11 is 7.83. The van der Waals surface area contributed by atoms with E-state index in [1.54, 1.807) is 12.5 Å². The summed E-state index contributed by atoms with van der Waals surface area (Å²) in [5, 5.41) is 0.749. The average Bonchev–Trinajstić information content (AvgIpc) is 3.40. The summed E-state index contributed by atoms with van der Waals surface area (Å²) in [5.74, 6) is 0.327. The maximum Gasteiger partial charge on any atom is 0.187 e. The quantitative estimate of drug-likeness (QED) is 0.370. The van der Waals surface area contributed by atoms with E-state index >= 15 is 0 Å². The van der Waals surface area contributed by atoms with Crippen molar-refractivity contribution in [1.82, 2.24) is 9.55 Å². The first kappa shape index (κ1) is 21.2. The van der Waals surface area contributed by atoms with Gasteiger partial charge in [0.2, 0.25) is 0 Å². The van der Waals surface area contributed by atoms with Gasteiger partial charge in [-0.05, 0) is 54.8 Å². The molecule has 1 saturated heterocycles. The van der Waals surface area contributed by atoms with Crippen LogP contribution in [0, 0.1) is 0 Å². The molecule has 30 heavy (non-hydrogen) atoms. The molecule has 1 aliphatic rings. The van der Waals surface area contributed by atoms with Gasteiger partial charge in [0.05, 0.1) is 25.6 Å². The monoisotopic (exact) mass is 443 g/mol. The molecule has 4 rings (SSSR count). The normalized spacial score (nSPS) is 21.2. The number of hydrogen-bond donors (Lipinski definition) is 1. The molecule has 2 heterocycles. The second kappa shape index (κ2) is 9.88. The Labute approximate surface area is 186 Å². The molecule has 0 bridgehead atoms. The number of nitrogen functional groups attached to an aromatic ring is 1. The van der Waals surface area contributed by atoms with Gasteiger partial charge in [-0.25, -0.2) is 4.98 Å². The second-order valence-electron chi connectivity index (χ2n) is 7.53. The maximum absolute atomic E-state index is 6.49. The highest BCUT2D eigenvalue weighted by atomic mass is 35.5. The molecule has 2 atom stereocenters. The number of benzene rings is 2. The molecular weight excluding hydrogens is 418 g/mol. The molecule has 1 fully saturated rings. The minimum Gasteiger partial charge on any atom is -0.399 e. The Kier molecular flexibility index (Phi) is 7.00.